The minimum absolute atomic E-state index is 0. The Labute approximate surface area is 114 Å². The molecule has 1 unspecified atom stereocenters. The lowest BCUT2D eigenvalue weighted by Gasteiger charge is -2.17. The summed E-state index contributed by atoms with van der Waals surface area (Å²) in [5.74, 6) is 3.06. The molecule has 0 radical (unpaired) electrons. The van der Waals surface area contributed by atoms with Gasteiger partial charge in [-0.15, -0.1) is 12.4 Å². The highest BCUT2D eigenvalue weighted by molar-refractivity contribution is 5.85. The zero-order valence-electron chi connectivity index (χ0n) is 10.7. The molecule has 1 atom stereocenters. The fraction of sp³-hybridized carbons (Fsp3) is 0.846. The van der Waals surface area contributed by atoms with Gasteiger partial charge in [0.1, 0.15) is 0 Å². The van der Waals surface area contributed by atoms with Crippen LogP contribution in [-0.2, 0) is 6.42 Å². The number of hydrogen-bond acceptors (Lipinski definition) is 4. The third-order valence-electron chi connectivity index (χ3n) is 4.08. The van der Waals surface area contributed by atoms with Crippen molar-refractivity contribution in [1.82, 2.24) is 15.5 Å². The lowest BCUT2D eigenvalue weighted by atomic mass is 9.89. The van der Waals surface area contributed by atoms with E-state index in [2.05, 4.69) is 15.5 Å². The molecule has 1 aromatic rings. The van der Waals surface area contributed by atoms with Crippen LogP contribution in [0.4, 0.5) is 0 Å². The summed E-state index contributed by atoms with van der Waals surface area (Å²) in [5.41, 5.74) is 0. The standard InChI is InChI=1S/C13H21N3O.ClH/c1-2-4-11(5-3-1)13-15-12(17-16-13)8-10-6-7-14-9-10;/h10-11,14H,1-9H2;1H. The molecule has 2 heterocycles. The van der Waals surface area contributed by atoms with Gasteiger partial charge in [0, 0.05) is 12.3 Å². The summed E-state index contributed by atoms with van der Waals surface area (Å²) in [4.78, 5) is 4.59. The van der Waals surface area contributed by atoms with Crippen molar-refractivity contribution in [3.63, 3.8) is 0 Å². The Morgan fingerprint density at radius 2 is 2.00 bits per heavy atom. The van der Waals surface area contributed by atoms with Crippen LogP contribution < -0.4 is 5.32 Å². The number of rotatable bonds is 3. The predicted molar refractivity (Wildman–Crippen MR) is 72.1 cm³/mol. The first kappa shape index (κ1) is 13.8. The SMILES string of the molecule is C1CCC(c2noc(CC3CCNC3)n2)CC1.Cl. The Morgan fingerprint density at radius 1 is 1.17 bits per heavy atom. The molecule has 1 aliphatic heterocycles. The zero-order valence-corrected chi connectivity index (χ0v) is 11.5. The van der Waals surface area contributed by atoms with Crippen LogP contribution in [0.15, 0.2) is 4.52 Å². The Morgan fingerprint density at radius 3 is 2.72 bits per heavy atom. The van der Waals surface area contributed by atoms with Crippen molar-refractivity contribution in [2.45, 2.75) is 50.9 Å². The van der Waals surface area contributed by atoms with Crippen LogP contribution >= 0.6 is 12.4 Å². The highest BCUT2D eigenvalue weighted by Gasteiger charge is 2.23. The number of nitrogens with zero attached hydrogens (tertiary/aromatic N) is 2. The van der Waals surface area contributed by atoms with Crippen LogP contribution in [0.1, 0.15) is 56.2 Å². The van der Waals surface area contributed by atoms with Crippen LogP contribution in [0.25, 0.3) is 0 Å². The first-order valence-electron chi connectivity index (χ1n) is 6.95. The van der Waals surface area contributed by atoms with Gasteiger partial charge in [-0.3, -0.25) is 0 Å². The van der Waals surface area contributed by atoms with Gasteiger partial charge in [-0.05, 0) is 38.3 Å². The molecule has 1 saturated heterocycles. The van der Waals surface area contributed by atoms with Gasteiger partial charge >= 0.3 is 0 Å². The molecule has 0 bridgehead atoms. The van der Waals surface area contributed by atoms with Gasteiger partial charge in [0.2, 0.25) is 5.89 Å². The van der Waals surface area contributed by atoms with Crippen molar-refractivity contribution in [3.8, 4) is 0 Å². The number of aromatic nitrogens is 2. The fourth-order valence-corrected chi connectivity index (χ4v) is 3.01. The molecule has 2 fully saturated rings. The van der Waals surface area contributed by atoms with Crippen LogP contribution in [-0.4, -0.2) is 23.2 Å². The highest BCUT2D eigenvalue weighted by atomic mass is 35.5. The summed E-state index contributed by atoms with van der Waals surface area (Å²) < 4.78 is 5.39. The quantitative estimate of drug-likeness (QED) is 0.918. The molecule has 1 saturated carbocycles. The largest absolute Gasteiger partial charge is 0.339 e. The minimum Gasteiger partial charge on any atom is -0.339 e. The summed E-state index contributed by atoms with van der Waals surface area (Å²) in [6.07, 6.45) is 8.68. The summed E-state index contributed by atoms with van der Waals surface area (Å²) in [5, 5.41) is 7.55. The van der Waals surface area contributed by atoms with Crippen LogP contribution in [0.5, 0.6) is 0 Å². The van der Waals surface area contributed by atoms with Crippen molar-refractivity contribution in [2.75, 3.05) is 13.1 Å². The number of nitrogens with one attached hydrogen (secondary N) is 1. The fourth-order valence-electron chi connectivity index (χ4n) is 3.01. The summed E-state index contributed by atoms with van der Waals surface area (Å²) >= 11 is 0. The minimum atomic E-state index is 0. The van der Waals surface area contributed by atoms with Crippen LogP contribution in [0.2, 0.25) is 0 Å². The van der Waals surface area contributed by atoms with Gasteiger partial charge in [0.25, 0.3) is 0 Å². The van der Waals surface area contributed by atoms with Gasteiger partial charge < -0.3 is 9.84 Å². The summed E-state index contributed by atoms with van der Waals surface area (Å²) in [6, 6.07) is 0. The maximum atomic E-state index is 5.39. The third-order valence-corrected chi connectivity index (χ3v) is 4.08. The van der Waals surface area contributed by atoms with Gasteiger partial charge in [-0.2, -0.15) is 4.98 Å². The molecule has 1 N–H and O–H groups in total. The van der Waals surface area contributed by atoms with Crippen molar-refractivity contribution < 1.29 is 4.52 Å². The monoisotopic (exact) mass is 271 g/mol. The smallest absolute Gasteiger partial charge is 0.226 e. The molecule has 18 heavy (non-hydrogen) atoms. The van der Waals surface area contributed by atoms with Crippen molar-refractivity contribution in [1.29, 1.82) is 0 Å². The van der Waals surface area contributed by atoms with Crippen LogP contribution in [0, 0.1) is 5.92 Å². The van der Waals surface area contributed by atoms with E-state index in [1.165, 1.54) is 38.5 Å². The number of halogens is 1. The Balaban J connectivity index is 0.00000120. The van der Waals surface area contributed by atoms with E-state index < -0.39 is 0 Å². The third kappa shape index (κ3) is 3.23. The molecule has 102 valence electrons. The van der Waals surface area contributed by atoms with Gasteiger partial charge in [-0.25, -0.2) is 0 Å². The van der Waals surface area contributed by atoms with E-state index in [1.54, 1.807) is 0 Å². The molecule has 2 aliphatic rings. The second kappa shape index (κ2) is 6.53. The van der Waals surface area contributed by atoms with E-state index in [1.807, 2.05) is 0 Å². The summed E-state index contributed by atoms with van der Waals surface area (Å²) in [7, 11) is 0. The molecule has 0 spiro atoms. The van der Waals surface area contributed by atoms with E-state index in [0.29, 0.717) is 11.8 Å². The highest BCUT2D eigenvalue weighted by Crippen LogP contribution is 2.31. The van der Waals surface area contributed by atoms with Crippen molar-refractivity contribution in [2.24, 2.45) is 5.92 Å². The van der Waals surface area contributed by atoms with Crippen LogP contribution in [0.3, 0.4) is 0 Å². The topological polar surface area (TPSA) is 51.0 Å². The van der Waals surface area contributed by atoms with E-state index in [4.69, 9.17) is 4.52 Å². The first-order chi connectivity index (χ1) is 8.42. The molecule has 1 aromatic heterocycles. The van der Waals surface area contributed by atoms with E-state index >= 15 is 0 Å². The Bertz CT molecular complexity index is 357. The second-order valence-electron chi connectivity index (χ2n) is 5.44. The van der Waals surface area contributed by atoms with Gasteiger partial charge in [0.15, 0.2) is 5.82 Å². The van der Waals surface area contributed by atoms with E-state index in [0.717, 1.165) is 31.2 Å². The Kier molecular flexibility index (Phi) is 5.01. The van der Waals surface area contributed by atoms with E-state index in [-0.39, 0.29) is 12.4 Å². The molecule has 1 aliphatic carbocycles. The summed E-state index contributed by atoms with van der Waals surface area (Å²) in [6.45, 7) is 2.23. The second-order valence-corrected chi connectivity index (χ2v) is 5.44. The molecule has 3 rings (SSSR count). The lowest BCUT2D eigenvalue weighted by molar-refractivity contribution is 0.344. The molecular weight excluding hydrogens is 250 g/mol. The predicted octanol–water partition coefficient (Wildman–Crippen LogP) is 2.69. The first-order valence-corrected chi connectivity index (χ1v) is 6.95. The van der Waals surface area contributed by atoms with Crippen molar-refractivity contribution >= 4 is 12.4 Å². The molecule has 0 aromatic carbocycles. The molecule has 5 heteroatoms. The molecule has 0 amide bonds. The van der Waals surface area contributed by atoms with E-state index in [9.17, 15) is 0 Å². The van der Waals surface area contributed by atoms with Gasteiger partial charge in [-0.1, -0.05) is 24.4 Å². The average Bonchev–Trinajstić information content (AvgIpc) is 3.02. The number of hydrogen-bond donors (Lipinski definition) is 1. The van der Waals surface area contributed by atoms with Gasteiger partial charge in [0.05, 0.1) is 0 Å². The average molecular weight is 272 g/mol. The zero-order chi connectivity index (χ0) is 11.5. The lowest BCUT2D eigenvalue weighted by Crippen LogP contribution is -2.11. The maximum Gasteiger partial charge on any atom is 0.226 e. The molecular formula is C13H22ClN3O. The molecule has 4 nitrogen and oxygen atoms in total. The Hall–Kier alpha value is -0.610. The van der Waals surface area contributed by atoms with Crippen molar-refractivity contribution in [3.05, 3.63) is 11.7 Å². The maximum absolute atomic E-state index is 5.39. The normalized spacial score (nSPS) is 25.0.